The molecule has 2 aromatic carbocycles. The van der Waals surface area contributed by atoms with Gasteiger partial charge in [-0.2, -0.15) is 0 Å². The first-order valence-electron chi connectivity index (χ1n) is 6.01. The van der Waals surface area contributed by atoms with Gasteiger partial charge in [0.2, 0.25) is 0 Å². The highest BCUT2D eigenvalue weighted by atomic mass is 19.1. The van der Waals surface area contributed by atoms with Crippen LogP contribution >= 0.6 is 0 Å². The normalized spacial score (nSPS) is 12.2. The standard InChI is InChI=1S/C15H15F2NO/c1-10-12(16)7-4-8-14(10)18-9-15(19)11-5-2-3-6-13(11)17/h2-8,15,18-19H,9H2,1H3. The summed E-state index contributed by atoms with van der Waals surface area (Å²) in [5.41, 5.74) is 1.29. The molecule has 19 heavy (non-hydrogen) atoms. The Balaban J connectivity index is 2.07. The Morgan fingerprint density at radius 1 is 1.05 bits per heavy atom. The second-order valence-electron chi connectivity index (χ2n) is 4.33. The summed E-state index contributed by atoms with van der Waals surface area (Å²) in [7, 11) is 0. The first kappa shape index (κ1) is 13.5. The van der Waals surface area contributed by atoms with Gasteiger partial charge in [0.25, 0.3) is 0 Å². The van der Waals surface area contributed by atoms with Crippen molar-refractivity contribution in [3.05, 3.63) is 65.2 Å². The van der Waals surface area contributed by atoms with E-state index in [2.05, 4.69) is 5.32 Å². The lowest BCUT2D eigenvalue weighted by molar-refractivity contribution is 0.186. The number of halogens is 2. The molecule has 2 nitrogen and oxygen atoms in total. The Kier molecular flexibility index (Phi) is 4.12. The van der Waals surface area contributed by atoms with Crippen molar-refractivity contribution in [1.82, 2.24) is 0 Å². The summed E-state index contributed by atoms with van der Waals surface area (Å²) >= 11 is 0. The van der Waals surface area contributed by atoms with Crippen LogP contribution in [0.5, 0.6) is 0 Å². The number of hydrogen-bond donors (Lipinski definition) is 2. The molecule has 1 atom stereocenters. The van der Waals surface area contributed by atoms with Crippen LogP contribution in [0, 0.1) is 18.6 Å². The molecule has 2 rings (SSSR count). The van der Waals surface area contributed by atoms with E-state index in [1.807, 2.05) is 0 Å². The molecule has 0 amide bonds. The molecule has 0 saturated carbocycles. The van der Waals surface area contributed by atoms with E-state index in [0.29, 0.717) is 11.3 Å². The Hall–Kier alpha value is -1.94. The average molecular weight is 263 g/mol. The van der Waals surface area contributed by atoms with Gasteiger partial charge in [0.15, 0.2) is 0 Å². The van der Waals surface area contributed by atoms with Gasteiger partial charge in [-0.1, -0.05) is 24.3 Å². The fourth-order valence-corrected chi connectivity index (χ4v) is 1.86. The van der Waals surface area contributed by atoms with Gasteiger partial charge in [-0.3, -0.25) is 0 Å². The van der Waals surface area contributed by atoms with Crippen LogP contribution in [0.3, 0.4) is 0 Å². The molecule has 0 aromatic heterocycles. The minimum Gasteiger partial charge on any atom is -0.386 e. The van der Waals surface area contributed by atoms with Gasteiger partial charge in [0.05, 0.1) is 6.10 Å². The predicted molar refractivity (Wildman–Crippen MR) is 71.0 cm³/mol. The molecule has 0 fully saturated rings. The molecule has 0 heterocycles. The van der Waals surface area contributed by atoms with Crippen molar-refractivity contribution in [2.45, 2.75) is 13.0 Å². The molecular formula is C15H15F2NO. The van der Waals surface area contributed by atoms with E-state index in [1.165, 1.54) is 18.2 Å². The lowest BCUT2D eigenvalue weighted by Gasteiger charge is -2.15. The molecular weight excluding hydrogens is 248 g/mol. The summed E-state index contributed by atoms with van der Waals surface area (Å²) in [5, 5.41) is 12.8. The molecule has 4 heteroatoms. The molecule has 2 aromatic rings. The van der Waals surface area contributed by atoms with E-state index in [4.69, 9.17) is 0 Å². The van der Waals surface area contributed by atoms with Crippen molar-refractivity contribution in [3.63, 3.8) is 0 Å². The van der Waals surface area contributed by atoms with Crippen LogP contribution in [-0.4, -0.2) is 11.7 Å². The highest BCUT2D eigenvalue weighted by Gasteiger charge is 2.12. The maximum Gasteiger partial charge on any atom is 0.129 e. The highest BCUT2D eigenvalue weighted by molar-refractivity contribution is 5.51. The van der Waals surface area contributed by atoms with Gasteiger partial charge < -0.3 is 10.4 Å². The number of aliphatic hydroxyl groups is 1. The Morgan fingerprint density at radius 2 is 1.74 bits per heavy atom. The predicted octanol–water partition coefficient (Wildman–Crippen LogP) is 3.42. The summed E-state index contributed by atoms with van der Waals surface area (Å²) < 4.78 is 26.8. The molecule has 2 N–H and O–H groups in total. The molecule has 0 saturated heterocycles. The Labute approximate surface area is 110 Å². The number of hydrogen-bond acceptors (Lipinski definition) is 2. The van der Waals surface area contributed by atoms with Gasteiger partial charge in [-0.05, 0) is 25.1 Å². The van der Waals surface area contributed by atoms with Gasteiger partial charge in [0.1, 0.15) is 11.6 Å². The minimum absolute atomic E-state index is 0.116. The number of aliphatic hydroxyl groups excluding tert-OH is 1. The second-order valence-corrected chi connectivity index (χ2v) is 4.33. The maximum absolute atomic E-state index is 13.5. The first-order valence-corrected chi connectivity index (χ1v) is 6.01. The monoisotopic (exact) mass is 263 g/mol. The first-order chi connectivity index (χ1) is 9.09. The summed E-state index contributed by atoms with van der Waals surface area (Å²) in [6, 6.07) is 10.7. The van der Waals surface area contributed by atoms with Crippen LogP contribution in [0.25, 0.3) is 0 Å². The van der Waals surface area contributed by atoms with Crippen LogP contribution < -0.4 is 5.32 Å². The molecule has 1 unspecified atom stereocenters. The van der Waals surface area contributed by atoms with Crippen molar-refractivity contribution in [1.29, 1.82) is 0 Å². The summed E-state index contributed by atoms with van der Waals surface area (Å²) in [6.45, 7) is 1.76. The summed E-state index contributed by atoms with van der Waals surface area (Å²) in [4.78, 5) is 0. The zero-order valence-corrected chi connectivity index (χ0v) is 10.5. The van der Waals surface area contributed by atoms with Crippen LogP contribution in [0.15, 0.2) is 42.5 Å². The van der Waals surface area contributed by atoms with Crippen LogP contribution in [0.4, 0.5) is 14.5 Å². The number of anilines is 1. The van der Waals surface area contributed by atoms with Gasteiger partial charge in [-0.15, -0.1) is 0 Å². The lowest BCUT2D eigenvalue weighted by Crippen LogP contribution is -2.14. The molecule has 0 radical (unpaired) electrons. The van der Waals surface area contributed by atoms with Crippen molar-refractivity contribution < 1.29 is 13.9 Å². The molecule has 0 bridgehead atoms. The SMILES string of the molecule is Cc1c(F)cccc1NCC(O)c1ccccc1F. The number of nitrogens with one attached hydrogen (secondary N) is 1. The average Bonchev–Trinajstić information content (AvgIpc) is 2.40. The van der Waals surface area contributed by atoms with Crippen molar-refractivity contribution in [3.8, 4) is 0 Å². The van der Waals surface area contributed by atoms with Gasteiger partial charge in [0, 0.05) is 23.4 Å². The zero-order valence-electron chi connectivity index (χ0n) is 10.5. The third-order valence-electron chi connectivity index (χ3n) is 3.02. The van der Waals surface area contributed by atoms with E-state index in [1.54, 1.807) is 31.2 Å². The molecule has 0 spiro atoms. The van der Waals surface area contributed by atoms with E-state index >= 15 is 0 Å². The van der Waals surface area contributed by atoms with E-state index < -0.39 is 11.9 Å². The fraction of sp³-hybridized carbons (Fsp3) is 0.200. The largest absolute Gasteiger partial charge is 0.386 e. The quantitative estimate of drug-likeness (QED) is 0.886. The molecule has 0 aliphatic carbocycles. The third kappa shape index (κ3) is 3.09. The Bertz CT molecular complexity index is 572. The van der Waals surface area contributed by atoms with Crippen molar-refractivity contribution in [2.75, 3.05) is 11.9 Å². The highest BCUT2D eigenvalue weighted by Crippen LogP contribution is 2.20. The fourth-order valence-electron chi connectivity index (χ4n) is 1.86. The minimum atomic E-state index is -0.983. The number of benzene rings is 2. The van der Waals surface area contributed by atoms with E-state index in [-0.39, 0.29) is 17.9 Å². The van der Waals surface area contributed by atoms with E-state index in [9.17, 15) is 13.9 Å². The maximum atomic E-state index is 13.5. The van der Waals surface area contributed by atoms with Crippen molar-refractivity contribution >= 4 is 5.69 Å². The topological polar surface area (TPSA) is 32.3 Å². The lowest BCUT2D eigenvalue weighted by atomic mass is 10.1. The summed E-state index contributed by atoms with van der Waals surface area (Å²) in [5.74, 6) is -0.766. The van der Waals surface area contributed by atoms with Crippen LogP contribution in [0.2, 0.25) is 0 Å². The molecule has 0 aliphatic rings. The molecule has 100 valence electrons. The number of rotatable bonds is 4. The van der Waals surface area contributed by atoms with E-state index in [0.717, 1.165) is 0 Å². The van der Waals surface area contributed by atoms with Gasteiger partial charge >= 0.3 is 0 Å². The molecule has 0 aliphatic heterocycles. The zero-order chi connectivity index (χ0) is 13.8. The Morgan fingerprint density at radius 3 is 2.47 bits per heavy atom. The second kappa shape index (κ2) is 5.80. The van der Waals surface area contributed by atoms with Crippen molar-refractivity contribution in [2.24, 2.45) is 0 Å². The summed E-state index contributed by atoms with van der Waals surface area (Å²) in [6.07, 6.45) is -0.983. The van der Waals surface area contributed by atoms with Gasteiger partial charge in [-0.25, -0.2) is 8.78 Å². The third-order valence-corrected chi connectivity index (χ3v) is 3.02. The van der Waals surface area contributed by atoms with Crippen LogP contribution in [-0.2, 0) is 0 Å². The smallest absolute Gasteiger partial charge is 0.129 e. The van der Waals surface area contributed by atoms with Crippen LogP contribution in [0.1, 0.15) is 17.2 Å².